The normalized spacial score (nSPS) is 13.1. The molecule has 0 spiro atoms. The van der Waals surface area contributed by atoms with Gasteiger partial charge in [-0.15, -0.1) is 0 Å². The highest BCUT2D eigenvalue weighted by atomic mass is 28.3. The van der Waals surface area contributed by atoms with Gasteiger partial charge in [-0.1, -0.05) is 134 Å². The standard InChI is InChI=1S/C39H29N3Si/c1-43(2)35-16-10-9-15-33(35)34-25-32(21-22-36(34)43)39-41-37(27-13-7-4-8-14-27)40-38(42-39)31-20-19-29-23-28(17-18-30(29)24-31)26-11-5-3-6-12-26/h3-25H,1-2H3. The monoisotopic (exact) mass is 567 g/mol. The van der Waals surface area contributed by atoms with Gasteiger partial charge in [0.1, 0.15) is 8.07 Å². The molecule has 2 heterocycles. The molecule has 1 aromatic heterocycles. The van der Waals surface area contributed by atoms with Crippen molar-refractivity contribution in [3.05, 3.63) is 140 Å². The quantitative estimate of drug-likeness (QED) is 0.200. The summed E-state index contributed by atoms with van der Waals surface area (Å²) in [5.74, 6) is 2.04. The smallest absolute Gasteiger partial charge is 0.164 e. The average Bonchev–Trinajstić information content (AvgIpc) is 3.30. The van der Waals surface area contributed by atoms with E-state index >= 15 is 0 Å². The highest BCUT2D eigenvalue weighted by Gasteiger charge is 2.37. The van der Waals surface area contributed by atoms with E-state index in [0.717, 1.165) is 22.1 Å². The molecule has 204 valence electrons. The van der Waals surface area contributed by atoms with E-state index in [9.17, 15) is 0 Å². The number of rotatable bonds is 4. The van der Waals surface area contributed by atoms with Gasteiger partial charge in [0.15, 0.2) is 17.5 Å². The lowest BCUT2D eigenvalue weighted by molar-refractivity contribution is 1.07. The molecule has 0 atom stereocenters. The Balaban J connectivity index is 1.26. The fraction of sp³-hybridized carbons (Fsp3) is 0.0513. The predicted molar refractivity (Wildman–Crippen MR) is 181 cm³/mol. The summed E-state index contributed by atoms with van der Waals surface area (Å²) in [5.41, 5.74) is 8.03. The maximum atomic E-state index is 5.08. The lowest BCUT2D eigenvalue weighted by Gasteiger charge is -2.18. The Morgan fingerprint density at radius 3 is 1.56 bits per heavy atom. The molecular weight excluding hydrogens is 539 g/mol. The molecule has 0 amide bonds. The molecule has 0 radical (unpaired) electrons. The summed E-state index contributed by atoms with van der Waals surface area (Å²) in [4.78, 5) is 15.1. The van der Waals surface area contributed by atoms with Gasteiger partial charge in [-0.25, -0.2) is 15.0 Å². The first-order valence-corrected chi connectivity index (χ1v) is 17.7. The zero-order valence-corrected chi connectivity index (χ0v) is 25.1. The summed E-state index contributed by atoms with van der Waals surface area (Å²) in [6.45, 7) is 4.88. The number of aromatic nitrogens is 3. The van der Waals surface area contributed by atoms with Crippen LogP contribution in [-0.2, 0) is 0 Å². The second-order valence-corrected chi connectivity index (χ2v) is 16.1. The van der Waals surface area contributed by atoms with Gasteiger partial charge in [-0.05, 0) is 61.6 Å². The minimum Gasteiger partial charge on any atom is -0.208 e. The third kappa shape index (κ3) is 4.39. The molecule has 3 nitrogen and oxygen atoms in total. The maximum absolute atomic E-state index is 5.08. The van der Waals surface area contributed by atoms with Gasteiger partial charge in [0, 0.05) is 16.7 Å². The van der Waals surface area contributed by atoms with Crippen LogP contribution in [0.25, 0.3) is 67.2 Å². The molecule has 0 aliphatic carbocycles. The van der Waals surface area contributed by atoms with Crippen molar-refractivity contribution in [1.82, 2.24) is 15.0 Å². The van der Waals surface area contributed by atoms with Crippen LogP contribution in [0.3, 0.4) is 0 Å². The number of hydrogen-bond donors (Lipinski definition) is 0. The molecule has 0 saturated carbocycles. The van der Waals surface area contributed by atoms with E-state index in [-0.39, 0.29) is 0 Å². The molecule has 8 rings (SSSR count). The van der Waals surface area contributed by atoms with E-state index in [1.54, 1.807) is 0 Å². The largest absolute Gasteiger partial charge is 0.208 e. The van der Waals surface area contributed by atoms with Gasteiger partial charge in [-0.3, -0.25) is 0 Å². The van der Waals surface area contributed by atoms with Gasteiger partial charge >= 0.3 is 0 Å². The van der Waals surface area contributed by atoms with Crippen LogP contribution in [0, 0.1) is 0 Å². The number of fused-ring (bicyclic) bond motifs is 4. The van der Waals surface area contributed by atoms with Crippen LogP contribution in [-0.4, -0.2) is 23.0 Å². The first-order valence-electron chi connectivity index (χ1n) is 14.7. The van der Waals surface area contributed by atoms with Crippen molar-refractivity contribution in [3.8, 4) is 56.4 Å². The van der Waals surface area contributed by atoms with Crippen LogP contribution in [0.1, 0.15) is 0 Å². The molecule has 6 aromatic carbocycles. The molecule has 1 aliphatic heterocycles. The minimum atomic E-state index is -1.74. The summed E-state index contributed by atoms with van der Waals surface area (Å²) in [6, 6.07) is 49.4. The summed E-state index contributed by atoms with van der Waals surface area (Å²) in [6.07, 6.45) is 0. The van der Waals surface area contributed by atoms with Gasteiger partial charge in [-0.2, -0.15) is 0 Å². The van der Waals surface area contributed by atoms with Crippen molar-refractivity contribution in [3.63, 3.8) is 0 Å². The number of hydrogen-bond acceptors (Lipinski definition) is 3. The number of nitrogens with zero attached hydrogens (tertiary/aromatic N) is 3. The highest BCUT2D eigenvalue weighted by molar-refractivity contribution is 7.03. The van der Waals surface area contributed by atoms with E-state index < -0.39 is 8.07 Å². The Bertz CT molecular complexity index is 2150. The third-order valence-corrected chi connectivity index (χ3v) is 12.3. The van der Waals surface area contributed by atoms with Crippen LogP contribution in [0.4, 0.5) is 0 Å². The molecule has 0 bridgehead atoms. The van der Waals surface area contributed by atoms with Gasteiger partial charge in [0.2, 0.25) is 0 Å². The van der Waals surface area contributed by atoms with Crippen LogP contribution < -0.4 is 10.4 Å². The first kappa shape index (κ1) is 25.5. The van der Waals surface area contributed by atoms with Crippen LogP contribution in [0.5, 0.6) is 0 Å². The summed E-state index contributed by atoms with van der Waals surface area (Å²) in [5, 5.41) is 5.31. The summed E-state index contributed by atoms with van der Waals surface area (Å²) >= 11 is 0. The molecule has 0 fully saturated rings. The summed E-state index contributed by atoms with van der Waals surface area (Å²) in [7, 11) is -1.74. The van der Waals surface area contributed by atoms with Gasteiger partial charge in [0.25, 0.3) is 0 Å². The topological polar surface area (TPSA) is 38.7 Å². The first-order chi connectivity index (χ1) is 21.0. The second kappa shape index (κ2) is 9.97. The Hall–Kier alpha value is -5.19. The highest BCUT2D eigenvalue weighted by Crippen LogP contribution is 2.33. The van der Waals surface area contributed by atoms with Crippen molar-refractivity contribution in [2.24, 2.45) is 0 Å². The second-order valence-electron chi connectivity index (χ2n) is 11.7. The lowest BCUT2D eigenvalue weighted by Crippen LogP contribution is -2.49. The van der Waals surface area contributed by atoms with Crippen molar-refractivity contribution in [2.75, 3.05) is 0 Å². The Morgan fingerprint density at radius 2 is 0.860 bits per heavy atom. The van der Waals surface area contributed by atoms with Crippen LogP contribution in [0.15, 0.2) is 140 Å². The molecule has 43 heavy (non-hydrogen) atoms. The minimum absolute atomic E-state index is 0.675. The molecule has 1 aliphatic rings. The average molecular weight is 568 g/mol. The SMILES string of the molecule is C[Si]1(C)c2ccccc2-c2cc(-c3nc(-c4ccccc4)nc(-c4ccc5cc(-c6ccccc6)ccc5c4)n3)ccc21. The van der Waals surface area contributed by atoms with E-state index in [1.807, 2.05) is 24.3 Å². The summed E-state index contributed by atoms with van der Waals surface area (Å²) < 4.78 is 0. The Morgan fingerprint density at radius 1 is 0.372 bits per heavy atom. The van der Waals surface area contributed by atoms with Crippen molar-refractivity contribution in [1.29, 1.82) is 0 Å². The third-order valence-electron chi connectivity index (χ3n) is 8.71. The molecule has 4 heteroatoms. The van der Waals surface area contributed by atoms with E-state index in [4.69, 9.17) is 15.0 Å². The van der Waals surface area contributed by atoms with Crippen LogP contribution >= 0.6 is 0 Å². The van der Waals surface area contributed by atoms with E-state index in [1.165, 1.54) is 38.0 Å². The fourth-order valence-electron chi connectivity index (χ4n) is 6.40. The molecular formula is C39H29N3Si. The van der Waals surface area contributed by atoms with Crippen molar-refractivity contribution < 1.29 is 0 Å². The van der Waals surface area contributed by atoms with Crippen molar-refractivity contribution >= 4 is 29.2 Å². The van der Waals surface area contributed by atoms with Gasteiger partial charge in [0.05, 0.1) is 0 Å². The number of benzene rings is 6. The van der Waals surface area contributed by atoms with E-state index in [2.05, 4.69) is 128 Å². The molecule has 0 N–H and O–H groups in total. The predicted octanol–water partition coefficient (Wildman–Crippen LogP) is 8.50. The fourth-order valence-corrected chi connectivity index (χ4v) is 9.48. The van der Waals surface area contributed by atoms with Crippen LogP contribution in [0.2, 0.25) is 13.1 Å². The zero-order valence-electron chi connectivity index (χ0n) is 24.1. The molecule has 0 saturated heterocycles. The van der Waals surface area contributed by atoms with Crippen molar-refractivity contribution in [2.45, 2.75) is 13.1 Å². The Labute approximate surface area is 252 Å². The van der Waals surface area contributed by atoms with E-state index in [0.29, 0.717) is 17.5 Å². The maximum Gasteiger partial charge on any atom is 0.164 e. The zero-order chi connectivity index (χ0) is 29.0. The Kier molecular flexibility index (Phi) is 5.91. The molecule has 7 aromatic rings. The molecule has 0 unspecified atom stereocenters. The lowest BCUT2D eigenvalue weighted by atomic mass is 10.00. The van der Waals surface area contributed by atoms with Gasteiger partial charge < -0.3 is 0 Å².